The number of aryl methyl sites for hydroxylation is 2. The van der Waals surface area contributed by atoms with E-state index in [9.17, 15) is 4.79 Å². The Morgan fingerprint density at radius 1 is 1.29 bits per heavy atom. The fourth-order valence-electron chi connectivity index (χ4n) is 2.69. The maximum atomic E-state index is 12.1. The molecule has 24 heavy (non-hydrogen) atoms. The number of nitrogens with zero attached hydrogens (tertiary/aromatic N) is 3. The van der Waals surface area contributed by atoms with Crippen LogP contribution in [-0.4, -0.2) is 40.6 Å². The number of hydrogen-bond donors (Lipinski definition) is 1. The Balaban J connectivity index is 1.52. The van der Waals surface area contributed by atoms with Crippen LogP contribution < -0.4 is 5.32 Å². The van der Waals surface area contributed by atoms with Crippen LogP contribution in [0.1, 0.15) is 29.5 Å². The smallest absolute Gasteiger partial charge is 0.240 e. The van der Waals surface area contributed by atoms with Gasteiger partial charge in [-0.15, -0.1) is 10.2 Å². The number of carbonyl (C=O) groups excluding carboxylic acids is 1. The van der Waals surface area contributed by atoms with Gasteiger partial charge in [-0.05, 0) is 30.9 Å². The first kappa shape index (κ1) is 16.8. The highest BCUT2D eigenvalue weighted by Gasteiger charge is 2.16. The molecule has 0 unspecified atom stereocenters. The molecule has 0 aliphatic carbocycles. The molecular weight excluding hydrogens is 320 g/mol. The number of anilines is 1. The third-order valence-corrected chi connectivity index (χ3v) is 5.08. The van der Waals surface area contributed by atoms with Crippen molar-refractivity contribution in [1.29, 1.82) is 0 Å². The average Bonchev–Trinajstić information content (AvgIpc) is 3.04. The van der Waals surface area contributed by atoms with Gasteiger partial charge in [0.1, 0.15) is 5.01 Å². The Morgan fingerprint density at radius 3 is 2.71 bits per heavy atom. The Labute approximate surface area is 146 Å². The summed E-state index contributed by atoms with van der Waals surface area (Å²) in [4.78, 5) is 14.3. The maximum Gasteiger partial charge on any atom is 0.240 e. The van der Waals surface area contributed by atoms with Gasteiger partial charge in [0.05, 0.1) is 6.54 Å². The summed E-state index contributed by atoms with van der Waals surface area (Å²) in [6, 6.07) is 8.62. The zero-order valence-corrected chi connectivity index (χ0v) is 14.9. The van der Waals surface area contributed by atoms with Crippen molar-refractivity contribution >= 4 is 27.9 Å². The van der Waals surface area contributed by atoms with Crippen LogP contribution in [0, 0.1) is 6.92 Å². The first-order chi connectivity index (χ1) is 11.6. The highest BCUT2D eigenvalue weighted by Crippen LogP contribution is 2.22. The van der Waals surface area contributed by atoms with E-state index in [1.54, 1.807) is 0 Å². The molecule has 1 aliphatic heterocycles. The molecule has 0 radical (unpaired) electrons. The molecule has 0 saturated heterocycles. The maximum absolute atomic E-state index is 12.1. The minimum atomic E-state index is -0.0269. The second-order valence-electron chi connectivity index (χ2n) is 5.98. The molecule has 0 spiro atoms. The van der Waals surface area contributed by atoms with E-state index in [-0.39, 0.29) is 5.91 Å². The molecular formula is C18H22N4OS. The van der Waals surface area contributed by atoms with Crippen LogP contribution in [0.25, 0.3) is 5.57 Å². The zero-order chi connectivity index (χ0) is 16.9. The molecule has 1 aromatic carbocycles. The van der Waals surface area contributed by atoms with Crippen molar-refractivity contribution in [2.24, 2.45) is 0 Å². The van der Waals surface area contributed by atoms with Crippen LogP contribution in [0.4, 0.5) is 5.13 Å². The second kappa shape index (κ2) is 7.68. The molecule has 1 aromatic heterocycles. The molecule has 0 fully saturated rings. The topological polar surface area (TPSA) is 58.1 Å². The number of benzene rings is 1. The lowest BCUT2D eigenvalue weighted by Gasteiger charge is -2.25. The summed E-state index contributed by atoms with van der Waals surface area (Å²) in [6.45, 7) is 6.20. The molecule has 5 nitrogen and oxygen atoms in total. The van der Waals surface area contributed by atoms with Gasteiger partial charge in [-0.1, -0.05) is 54.2 Å². The summed E-state index contributed by atoms with van der Waals surface area (Å²) >= 11 is 1.44. The number of rotatable bonds is 5. The van der Waals surface area contributed by atoms with Crippen LogP contribution in [0.2, 0.25) is 0 Å². The molecule has 0 saturated carbocycles. The Kier molecular flexibility index (Phi) is 5.37. The average molecular weight is 342 g/mol. The summed E-state index contributed by atoms with van der Waals surface area (Å²) in [7, 11) is 0. The molecule has 0 bridgehead atoms. The van der Waals surface area contributed by atoms with Gasteiger partial charge in [-0.3, -0.25) is 15.0 Å². The summed E-state index contributed by atoms with van der Waals surface area (Å²) < 4.78 is 0. The number of nitrogens with one attached hydrogen (secondary N) is 1. The van der Waals surface area contributed by atoms with Crippen molar-refractivity contribution in [1.82, 2.24) is 15.1 Å². The third-order valence-electron chi connectivity index (χ3n) is 4.10. The van der Waals surface area contributed by atoms with Crippen molar-refractivity contribution in [2.45, 2.75) is 26.7 Å². The van der Waals surface area contributed by atoms with Crippen LogP contribution >= 0.6 is 11.3 Å². The predicted molar refractivity (Wildman–Crippen MR) is 98.1 cm³/mol. The Hall–Kier alpha value is -2.05. The lowest BCUT2D eigenvalue weighted by atomic mass is 9.98. The number of carbonyl (C=O) groups is 1. The quantitative estimate of drug-likeness (QED) is 0.907. The fraction of sp³-hybridized carbons (Fsp3) is 0.389. The lowest BCUT2D eigenvalue weighted by molar-refractivity contribution is -0.117. The molecule has 2 heterocycles. The number of amides is 1. The number of hydrogen-bond acceptors (Lipinski definition) is 5. The molecule has 1 amide bonds. The summed E-state index contributed by atoms with van der Waals surface area (Å²) in [5, 5.41) is 12.4. The first-order valence-electron chi connectivity index (χ1n) is 8.24. The van der Waals surface area contributed by atoms with Gasteiger partial charge < -0.3 is 0 Å². The van der Waals surface area contributed by atoms with Gasteiger partial charge in [-0.25, -0.2) is 0 Å². The van der Waals surface area contributed by atoms with E-state index in [0.29, 0.717) is 11.7 Å². The monoisotopic (exact) mass is 342 g/mol. The van der Waals surface area contributed by atoms with Gasteiger partial charge in [0.25, 0.3) is 0 Å². The van der Waals surface area contributed by atoms with Gasteiger partial charge in [0.2, 0.25) is 11.0 Å². The molecule has 1 N–H and O–H groups in total. The van der Waals surface area contributed by atoms with E-state index in [4.69, 9.17) is 0 Å². The van der Waals surface area contributed by atoms with Crippen molar-refractivity contribution in [3.63, 3.8) is 0 Å². The fourth-order valence-corrected chi connectivity index (χ4v) is 3.39. The first-order valence-corrected chi connectivity index (χ1v) is 9.06. The van der Waals surface area contributed by atoms with E-state index in [1.807, 2.05) is 6.92 Å². The van der Waals surface area contributed by atoms with Crippen molar-refractivity contribution in [3.8, 4) is 0 Å². The minimum absolute atomic E-state index is 0.0269. The van der Waals surface area contributed by atoms with Gasteiger partial charge in [-0.2, -0.15) is 0 Å². The highest BCUT2D eigenvalue weighted by molar-refractivity contribution is 7.15. The van der Waals surface area contributed by atoms with E-state index >= 15 is 0 Å². The molecule has 0 atom stereocenters. The Morgan fingerprint density at radius 2 is 2.08 bits per heavy atom. The molecule has 2 aromatic rings. The summed E-state index contributed by atoms with van der Waals surface area (Å²) in [6.07, 6.45) is 4.03. The molecule has 6 heteroatoms. The minimum Gasteiger partial charge on any atom is -0.299 e. The van der Waals surface area contributed by atoms with Gasteiger partial charge in [0, 0.05) is 13.1 Å². The van der Waals surface area contributed by atoms with Crippen molar-refractivity contribution < 1.29 is 4.79 Å². The van der Waals surface area contributed by atoms with E-state index in [1.165, 1.54) is 28.0 Å². The standard InChI is InChI=1S/C18H22N4OS/c1-3-17-20-21-18(24-17)19-16(23)12-22-10-8-15(9-11-22)14-6-4-13(2)5-7-14/h4-8H,3,9-12H2,1-2H3,(H,19,21,23). The highest BCUT2D eigenvalue weighted by atomic mass is 32.1. The molecule has 3 rings (SSSR count). The van der Waals surface area contributed by atoms with Crippen LogP contribution in [-0.2, 0) is 11.2 Å². The predicted octanol–water partition coefficient (Wildman–Crippen LogP) is 3.14. The van der Waals surface area contributed by atoms with Crippen LogP contribution in [0.15, 0.2) is 30.3 Å². The van der Waals surface area contributed by atoms with Crippen molar-refractivity contribution in [3.05, 3.63) is 46.5 Å². The zero-order valence-electron chi connectivity index (χ0n) is 14.1. The molecule has 1 aliphatic rings. The van der Waals surface area contributed by atoms with E-state index in [2.05, 4.69) is 57.7 Å². The van der Waals surface area contributed by atoms with Gasteiger partial charge >= 0.3 is 0 Å². The molecule has 126 valence electrons. The largest absolute Gasteiger partial charge is 0.299 e. The number of aromatic nitrogens is 2. The van der Waals surface area contributed by atoms with E-state index < -0.39 is 0 Å². The SMILES string of the molecule is CCc1nnc(NC(=O)CN2CC=C(c3ccc(C)cc3)CC2)s1. The summed E-state index contributed by atoms with van der Waals surface area (Å²) in [5.74, 6) is -0.0269. The van der Waals surface area contributed by atoms with Crippen LogP contribution in [0.5, 0.6) is 0 Å². The van der Waals surface area contributed by atoms with E-state index in [0.717, 1.165) is 30.9 Å². The summed E-state index contributed by atoms with van der Waals surface area (Å²) in [5.41, 5.74) is 3.92. The second-order valence-corrected chi connectivity index (χ2v) is 7.05. The van der Waals surface area contributed by atoms with Crippen LogP contribution in [0.3, 0.4) is 0 Å². The third kappa shape index (κ3) is 4.27. The van der Waals surface area contributed by atoms with Crippen molar-refractivity contribution in [2.75, 3.05) is 25.0 Å². The van der Waals surface area contributed by atoms with Gasteiger partial charge in [0.15, 0.2) is 0 Å². The lowest BCUT2D eigenvalue weighted by Crippen LogP contribution is -2.36. The Bertz CT molecular complexity index is 736. The normalized spacial score (nSPS) is 15.2.